The van der Waals surface area contributed by atoms with Crippen molar-refractivity contribution in [1.29, 1.82) is 5.26 Å². The van der Waals surface area contributed by atoms with Gasteiger partial charge in [0.2, 0.25) is 5.91 Å². The van der Waals surface area contributed by atoms with Crippen LogP contribution in [0.2, 0.25) is 0 Å². The Kier molecular flexibility index (Phi) is 4.35. The standard InChI is InChI=1S/C13H22N2O/c1-4-11(5-2)15(3)12(16)13(10-14)8-6-7-9-13/h11H,4-9H2,1-3H3. The summed E-state index contributed by atoms with van der Waals surface area (Å²) in [4.78, 5) is 14.2. The van der Waals surface area contributed by atoms with Crippen LogP contribution < -0.4 is 0 Å². The van der Waals surface area contributed by atoms with E-state index in [1.165, 1.54) is 0 Å². The minimum atomic E-state index is -0.711. The van der Waals surface area contributed by atoms with Crippen LogP contribution in [0.4, 0.5) is 0 Å². The Hall–Kier alpha value is -1.04. The van der Waals surface area contributed by atoms with Crippen molar-refractivity contribution in [3.63, 3.8) is 0 Å². The number of carbonyl (C=O) groups excluding carboxylic acids is 1. The van der Waals surface area contributed by atoms with Crippen LogP contribution in [-0.2, 0) is 4.79 Å². The van der Waals surface area contributed by atoms with Crippen LogP contribution >= 0.6 is 0 Å². The highest BCUT2D eigenvalue weighted by Gasteiger charge is 2.43. The average Bonchev–Trinajstić information content (AvgIpc) is 2.79. The number of carbonyl (C=O) groups is 1. The largest absolute Gasteiger partial charge is 0.341 e. The molecule has 0 saturated heterocycles. The van der Waals surface area contributed by atoms with E-state index in [1.54, 1.807) is 4.90 Å². The van der Waals surface area contributed by atoms with Crippen molar-refractivity contribution >= 4 is 5.91 Å². The fraction of sp³-hybridized carbons (Fsp3) is 0.846. The quantitative estimate of drug-likeness (QED) is 0.734. The molecule has 1 rings (SSSR count). The Balaban J connectivity index is 2.80. The molecule has 90 valence electrons. The molecule has 1 aliphatic rings. The first-order chi connectivity index (χ1) is 7.61. The molecule has 1 saturated carbocycles. The second-order valence-corrected chi connectivity index (χ2v) is 4.79. The van der Waals surface area contributed by atoms with E-state index >= 15 is 0 Å². The molecule has 1 amide bonds. The van der Waals surface area contributed by atoms with E-state index < -0.39 is 5.41 Å². The second kappa shape index (κ2) is 5.34. The van der Waals surface area contributed by atoms with Crippen molar-refractivity contribution in [2.24, 2.45) is 5.41 Å². The second-order valence-electron chi connectivity index (χ2n) is 4.79. The van der Waals surface area contributed by atoms with Gasteiger partial charge in [-0.2, -0.15) is 5.26 Å². The molecule has 0 heterocycles. The Morgan fingerprint density at radius 2 is 1.88 bits per heavy atom. The smallest absolute Gasteiger partial charge is 0.243 e. The molecule has 3 heteroatoms. The number of rotatable bonds is 4. The molecule has 0 aliphatic heterocycles. The van der Waals surface area contributed by atoms with Gasteiger partial charge in [0.25, 0.3) is 0 Å². The van der Waals surface area contributed by atoms with Crippen LogP contribution in [0, 0.1) is 16.7 Å². The molecule has 0 atom stereocenters. The molecule has 0 spiro atoms. The molecule has 16 heavy (non-hydrogen) atoms. The Morgan fingerprint density at radius 1 is 1.38 bits per heavy atom. The first-order valence-corrected chi connectivity index (χ1v) is 6.29. The maximum absolute atomic E-state index is 12.4. The lowest BCUT2D eigenvalue weighted by molar-refractivity contribution is -0.139. The van der Waals surface area contributed by atoms with Gasteiger partial charge in [-0.3, -0.25) is 4.79 Å². The van der Waals surface area contributed by atoms with Crippen molar-refractivity contribution < 1.29 is 4.79 Å². The normalized spacial score (nSPS) is 18.4. The number of nitrogens with zero attached hydrogens (tertiary/aromatic N) is 2. The zero-order valence-corrected chi connectivity index (χ0v) is 10.6. The molecular formula is C13H22N2O. The van der Waals surface area contributed by atoms with E-state index in [-0.39, 0.29) is 11.9 Å². The van der Waals surface area contributed by atoms with Gasteiger partial charge in [-0.15, -0.1) is 0 Å². The summed E-state index contributed by atoms with van der Waals surface area (Å²) in [7, 11) is 1.84. The number of hydrogen-bond donors (Lipinski definition) is 0. The van der Waals surface area contributed by atoms with Gasteiger partial charge in [0.05, 0.1) is 6.07 Å². The minimum absolute atomic E-state index is 0.0428. The summed E-state index contributed by atoms with van der Waals surface area (Å²) in [5, 5.41) is 9.27. The summed E-state index contributed by atoms with van der Waals surface area (Å²) in [5.74, 6) is 0.0428. The molecule has 0 aromatic carbocycles. The van der Waals surface area contributed by atoms with Crippen molar-refractivity contribution in [3.05, 3.63) is 0 Å². The van der Waals surface area contributed by atoms with Crippen LogP contribution in [0.25, 0.3) is 0 Å². The summed E-state index contributed by atoms with van der Waals surface area (Å²) in [6, 6.07) is 2.55. The molecule has 3 nitrogen and oxygen atoms in total. The van der Waals surface area contributed by atoms with Crippen molar-refractivity contribution in [2.45, 2.75) is 58.4 Å². The van der Waals surface area contributed by atoms with E-state index in [0.717, 1.165) is 38.5 Å². The molecule has 0 N–H and O–H groups in total. The number of hydrogen-bond acceptors (Lipinski definition) is 2. The van der Waals surface area contributed by atoms with E-state index in [2.05, 4.69) is 19.9 Å². The van der Waals surface area contributed by atoms with E-state index in [1.807, 2.05) is 7.05 Å². The maximum Gasteiger partial charge on any atom is 0.243 e. The van der Waals surface area contributed by atoms with Crippen molar-refractivity contribution in [3.8, 4) is 6.07 Å². The van der Waals surface area contributed by atoms with Gasteiger partial charge in [-0.25, -0.2) is 0 Å². The highest BCUT2D eigenvalue weighted by molar-refractivity contribution is 5.85. The van der Waals surface area contributed by atoms with Crippen LogP contribution in [0.3, 0.4) is 0 Å². The first-order valence-electron chi connectivity index (χ1n) is 6.29. The first kappa shape index (κ1) is 13.0. The van der Waals surface area contributed by atoms with Crippen LogP contribution in [0.5, 0.6) is 0 Å². The zero-order valence-electron chi connectivity index (χ0n) is 10.6. The third kappa shape index (κ3) is 2.21. The molecule has 0 bridgehead atoms. The van der Waals surface area contributed by atoms with Gasteiger partial charge in [-0.1, -0.05) is 26.7 Å². The topological polar surface area (TPSA) is 44.1 Å². The summed E-state index contributed by atoms with van der Waals surface area (Å²) >= 11 is 0. The monoisotopic (exact) mass is 222 g/mol. The third-order valence-corrected chi connectivity index (χ3v) is 3.89. The highest BCUT2D eigenvalue weighted by atomic mass is 16.2. The Morgan fingerprint density at radius 3 is 2.25 bits per heavy atom. The predicted octanol–water partition coefficient (Wildman–Crippen LogP) is 2.72. The Labute approximate surface area is 98.4 Å². The molecule has 0 radical (unpaired) electrons. The molecular weight excluding hydrogens is 200 g/mol. The van der Waals surface area contributed by atoms with E-state index in [0.29, 0.717) is 0 Å². The maximum atomic E-state index is 12.4. The lowest BCUT2D eigenvalue weighted by Crippen LogP contribution is -2.44. The van der Waals surface area contributed by atoms with Gasteiger partial charge in [-0.05, 0) is 25.7 Å². The minimum Gasteiger partial charge on any atom is -0.341 e. The molecule has 0 unspecified atom stereocenters. The lowest BCUT2D eigenvalue weighted by atomic mass is 9.86. The predicted molar refractivity (Wildman–Crippen MR) is 63.7 cm³/mol. The fourth-order valence-electron chi connectivity index (χ4n) is 2.69. The molecule has 1 aliphatic carbocycles. The van der Waals surface area contributed by atoms with E-state index in [4.69, 9.17) is 0 Å². The number of amides is 1. The molecule has 1 fully saturated rings. The average molecular weight is 222 g/mol. The van der Waals surface area contributed by atoms with Crippen LogP contribution in [0.15, 0.2) is 0 Å². The van der Waals surface area contributed by atoms with Crippen molar-refractivity contribution in [2.75, 3.05) is 7.05 Å². The lowest BCUT2D eigenvalue weighted by Gasteiger charge is -2.32. The van der Waals surface area contributed by atoms with Crippen LogP contribution in [-0.4, -0.2) is 23.9 Å². The fourth-order valence-corrected chi connectivity index (χ4v) is 2.69. The zero-order chi connectivity index (χ0) is 12.2. The van der Waals surface area contributed by atoms with Gasteiger partial charge < -0.3 is 4.90 Å². The summed E-state index contributed by atoms with van der Waals surface area (Å²) in [6.45, 7) is 4.18. The van der Waals surface area contributed by atoms with Gasteiger partial charge >= 0.3 is 0 Å². The van der Waals surface area contributed by atoms with Crippen molar-refractivity contribution in [1.82, 2.24) is 4.90 Å². The van der Waals surface area contributed by atoms with Gasteiger partial charge in [0.1, 0.15) is 5.41 Å². The summed E-state index contributed by atoms with van der Waals surface area (Å²) in [5.41, 5.74) is -0.711. The van der Waals surface area contributed by atoms with Crippen LogP contribution in [0.1, 0.15) is 52.4 Å². The summed E-state index contributed by atoms with van der Waals surface area (Å²) < 4.78 is 0. The van der Waals surface area contributed by atoms with Gasteiger partial charge in [0.15, 0.2) is 0 Å². The molecule has 0 aromatic rings. The highest BCUT2D eigenvalue weighted by Crippen LogP contribution is 2.39. The number of nitriles is 1. The van der Waals surface area contributed by atoms with Gasteiger partial charge in [0, 0.05) is 13.1 Å². The third-order valence-electron chi connectivity index (χ3n) is 3.89. The molecule has 0 aromatic heterocycles. The van der Waals surface area contributed by atoms with E-state index in [9.17, 15) is 10.1 Å². The SMILES string of the molecule is CCC(CC)N(C)C(=O)C1(C#N)CCCC1. The summed E-state index contributed by atoms with van der Waals surface area (Å²) in [6.07, 6.45) is 5.42. The Bertz CT molecular complexity index is 283.